The Morgan fingerprint density at radius 2 is 2.12 bits per heavy atom. The van der Waals surface area contributed by atoms with E-state index in [0.717, 1.165) is 35.5 Å². The Hall–Kier alpha value is -2.69. The van der Waals surface area contributed by atoms with Crippen molar-refractivity contribution in [1.82, 2.24) is 15.3 Å². The van der Waals surface area contributed by atoms with E-state index in [1.54, 1.807) is 6.20 Å². The fourth-order valence-corrected chi connectivity index (χ4v) is 2.39. The summed E-state index contributed by atoms with van der Waals surface area (Å²) in [6.07, 6.45) is 7.62. The predicted octanol–water partition coefficient (Wildman–Crippen LogP) is 4.07. The van der Waals surface area contributed by atoms with E-state index in [0.29, 0.717) is 5.88 Å². The lowest BCUT2D eigenvalue weighted by Crippen LogP contribution is -2.28. The number of ether oxygens (including phenoxy) is 1. The highest BCUT2D eigenvalue weighted by Gasteiger charge is 2.05. The van der Waals surface area contributed by atoms with Crippen LogP contribution in [0.5, 0.6) is 11.6 Å². The van der Waals surface area contributed by atoms with Gasteiger partial charge in [0.15, 0.2) is 5.75 Å². The highest BCUT2D eigenvalue weighted by Crippen LogP contribution is 2.23. The van der Waals surface area contributed by atoms with Crippen molar-refractivity contribution in [3.8, 4) is 11.6 Å². The molecule has 25 heavy (non-hydrogen) atoms. The Morgan fingerprint density at radius 3 is 2.72 bits per heavy atom. The number of hydrogen-bond donors (Lipinski definition) is 1. The number of pyridine rings is 2. The van der Waals surface area contributed by atoms with Crippen LogP contribution < -0.4 is 10.1 Å². The summed E-state index contributed by atoms with van der Waals surface area (Å²) >= 11 is 0. The number of nitrogens with zero attached hydrogens (tertiary/aromatic N) is 2. The maximum Gasteiger partial charge on any atom is 0.219 e. The number of rotatable bonds is 7. The third-order valence-corrected chi connectivity index (χ3v) is 3.58. The van der Waals surface area contributed by atoms with Gasteiger partial charge in [-0.05, 0) is 44.0 Å². The van der Waals surface area contributed by atoms with Crippen LogP contribution in [0.25, 0.3) is 6.08 Å². The Morgan fingerprint density at radius 1 is 1.32 bits per heavy atom. The number of carbonyl (C=O) groups is 1. The van der Waals surface area contributed by atoms with Gasteiger partial charge in [-0.3, -0.25) is 9.78 Å². The minimum absolute atomic E-state index is 0.0243. The molecule has 5 nitrogen and oxygen atoms in total. The molecule has 1 N–H and O–H groups in total. The topological polar surface area (TPSA) is 64.1 Å². The standard InChI is InChI=1S/C20H25N3O2/c1-5-6-18-10-11-19(15(3)23-18)25-20-12-9-17(13-21-20)8-7-14(2)22-16(4)24/h7-14H,5-6H2,1-4H3,(H,22,24)/b8-7+/t14-/m0/s1. The first-order valence-electron chi connectivity index (χ1n) is 8.53. The average Bonchev–Trinajstić information content (AvgIpc) is 2.56. The summed E-state index contributed by atoms with van der Waals surface area (Å²) < 4.78 is 5.82. The second kappa shape index (κ2) is 8.97. The van der Waals surface area contributed by atoms with E-state index in [1.807, 2.05) is 50.3 Å². The van der Waals surface area contributed by atoms with Crippen molar-refractivity contribution in [2.24, 2.45) is 0 Å². The van der Waals surface area contributed by atoms with Gasteiger partial charge < -0.3 is 10.1 Å². The molecule has 0 aromatic carbocycles. The van der Waals surface area contributed by atoms with Crippen molar-refractivity contribution < 1.29 is 9.53 Å². The van der Waals surface area contributed by atoms with Gasteiger partial charge in [-0.15, -0.1) is 0 Å². The van der Waals surface area contributed by atoms with E-state index in [4.69, 9.17) is 4.74 Å². The van der Waals surface area contributed by atoms with Crippen molar-refractivity contribution >= 4 is 12.0 Å². The van der Waals surface area contributed by atoms with Gasteiger partial charge in [0.05, 0.1) is 5.69 Å². The smallest absolute Gasteiger partial charge is 0.219 e. The fourth-order valence-electron chi connectivity index (χ4n) is 2.39. The Labute approximate surface area is 149 Å². The van der Waals surface area contributed by atoms with Gasteiger partial charge in [-0.2, -0.15) is 0 Å². The lowest BCUT2D eigenvalue weighted by atomic mass is 10.2. The van der Waals surface area contributed by atoms with Gasteiger partial charge in [-0.25, -0.2) is 4.98 Å². The van der Waals surface area contributed by atoms with E-state index >= 15 is 0 Å². The molecule has 5 heteroatoms. The maximum absolute atomic E-state index is 11.0. The SMILES string of the molecule is CCCc1ccc(Oc2ccc(/C=C/[C@H](C)NC(C)=O)cn2)c(C)n1. The van der Waals surface area contributed by atoms with E-state index < -0.39 is 0 Å². The minimum Gasteiger partial charge on any atom is -0.437 e. The van der Waals surface area contributed by atoms with Gasteiger partial charge in [0.25, 0.3) is 0 Å². The molecular weight excluding hydrogens is 314 g/mol. The molecule has 0 aliphatic heterocycles. The van der Waals surface area contributed by atoms with Gasteiger partial charge in [0.1, 0.15) is 0 Å². The molecule has 2 aromatic rings. The molecule has 1 atom stereocenters. The first-order chi connectivity index (χ1) is 12.0. The molecule has 0 unspecified atom stereocenters. The summed E-state index contributed by atoms with van der Waals surface area (Å²) in [6, 6.07) is 7.66. The molecule has 0 saturated carbocycles. The zero-order valence-corrected chi connectivity index (χ0v) is 15.2. The second-order valence-corrected chi connectivity index (χ2v) is 6.02. The number of aromatic nitrogens is 2. The van der Waals surface area contributed by atoms with E-state index in [2.05, 4.69) is 22.2 Å². The van der Waals surface area contributed by atoms with Crippen molar-refractivity contribution in [2.75, 3.05) is 0 Å². The first-order valence-corrected chi connectivity index (χ1v) is 8.53. The van der Waals surface area contributed by atoms with Crippen molar-refractivity contribution in [1.29, 1.82) is 0 Å². The zero-order chi connectivity index (χ0) is 18.2. The lowest BCUT2D eigenvalue weighted by molar-refractivity contribution is -0.119. The van der Waals surface area contributed by atoms with E-state index in [9.17, 15) is 4.79 Å². The summed E-state index contributed by atoms with van der Waals surface area (Å²) in [7, 11) is 0. The van der Waals surface area contributed by atoms with Crippen molar-refractivity contribution in [3.05, 3.63) is 53.5 Å². The van der Waals surface area contributed by atoms with Crippen LogP contribution in [0, 0.1) is 6.92 Å². The number of carbonyl (C=O) groups excluding carboxylic acids is 1. The summed E-state index contributed by atoms with van der Waals surface area (Å²) in [5.74, 6) is 1.20. The molecule has 0 spiro atoms. The molecule has 2 rings (SSSR count). The lowest BCUT2D eigenvalue weighted by Gasteiger charge is -2.09. The third-order valence-electron chi connectivity index (χ3n) is 3.58. The van der Waals surface area contributed by atoms with Crippen LogP contribution >= 0.6 is 0 Å². The van der Waals surface area contributed by atoms with Crippen LogP contribution in [0.15, 0.2) is 36.5 Å². The van der Waals surface area contributed by atoms with Crippen molar-refractivity contribution in [2.45, 2.75) is 46.6 Å². The molecule has 0 aliphatic carbocycles. The normalized spacial score (nSPS) is 12.2. The molecule has 2 aromatic heterocycles. The summed E-state index contributed by atoms with van der Waals surface area (Å²) in [6.45, 7) is 7.50. The largest absolute Gasteiger partial charge is 0.437 e. The number of nitrogens with one attached hydrogen (secondary N) is 1. The molecule has 0 radical (unpaired) electrons. The summed E-state index contributed by atoms with van der Waals surface area (Å²) in [5, 5.41) is 2.80. The third kappa shape index (κ3) is 6.03. The average molecular weight is 339 g/mol. The van der Waals surface area contributed by atoms with Gasteiger partial charge in [0.2, 0.25) is 11.8 Å². The van der Waals surface area contributed by atoms with Crippen LogP contribution in [0.1, 0.15) is 44.1 Å². The molecule has 0 saturated heterocycles. The fraction of sp³-hybridized carbons (Fsp3) is 0.350. The summed E-state index contributed by atoms with van der Waals surface area (Å²) in [4.78, 5) is 19.9. The highest BCUT2D eigenvalue weighted by molar-refractivity contribution is 5.73. The van der Waals surface area contributed by atoms with Crippen LogP contribution in [0.2, 0.25) is 0 Å². The minimum atomic E-state index is -0.0482. The predicted molar refractivity (Wildman–Crippen MR) is 99.6 cm³/mol. The number of aryl methyl sites for hydroxylation is 2. The van der Waals surface area contributed by atoms with Crippen molar-refractivity contribution in [3.63, 3.8) is 0 Å². The molecule has 0 bridgehead atoms. The molecule has 1 amide bonds. The molecule has 0 fully saturated rings. The Kier molecular flexibility index (Phi) is 6.69. The number of amides is 1. The van der Waals surface area contributed by atoms with E-state index in [-0.39, 0.29) is 11.9 Å². The molecular formula is C20H25N3O2. The number of hydrogen-bond acceptors (Lipinski definition) is 4. The van der Waals surface area contributed by atoms with Crippen LogP contribution in [0.4, 0.5) is 0 Å². The Balaban J connectivity index is 2.00. The first kappa shape index (κ1) is 18.6. The van der Waals surface area contributed by atoms with E-state index in [1.165, 1.54) is 6.92 Å². The van der Waals surface area contributed by atoms with Gasteiger partial charge in [0, 0.05) is 30.9 Å². The zero-order valence-electron chi connectivity index (χ0n) is 15.2. The van der Waals surface area contributed by atoms with Crippen LogP contribution in [0.3, 0.4) is 0 Å². The summed E-state index contributed by atoms with van der Waals surface area (Å²) in [5.41, 5.74) is 2.88. The Bertz CT molecular complexity index is 739. The maximum atomic E-state index is 11.0. The monoisotopic (exact) mass is 339 g/mol. The second-order valence-electron chi connectivity index (χ2n) is 6.02. The van der Waals surface area contributed by atoms with Crippen LogP contribution in [-0.2, 0) is 11.2 Å². The van der Waals surface area contributed by atoms with Crippen LogP contribution in [-0.4, -0.2) is 21.9 Å². The van der Waals surface area contributed by atoms with Gasteiger partial charge in [-0.1, -0.05) is 25.5 Å². The highest BCUT2D eigenvalue weighted by atomic mass is 16.5. The van der Waals surface area contributed by atoms with Gasteiger partial charge >= 0.3 is 0 Å². The molecule has 0 aliphatic rings. The molecule has 2 heterocycles. The quantitative estimate of drug-likeness (QED) is 0.826. The molecule has 132 valence electrons.